The van der Waals surface area contributed by atoms with Crippen LogP contribution in [0, 0.1) is 11.3 Å². The van der Waals surface area contributed by atoms with Gasteiger partial charge < -0.3 is 5.32 Å². The zero-order valence-corrected chi connectivity index (χ0v) is 8.46. The van der Waals surface area contributed by atoms with Crippen LogP contribution in [0.5, 0.6) is 0 Å². The minimum Gasteiger partial charge on any atom is -0.364 e. The minimum absolute atomic E-state index is 0.549. The maximum Gasteiger partial charge on any atom is 0.126 e. The second-order valence-corrected chi connectivity index (χ2v) is 3.10. The molecular formula is C11H9N5. The molecule has 0 atom stereocenters. The van der Waals surface area contributed by atoms with Gasteiger partial charge in [-0.3, -0.25) is 0 Å². The number of nitrogens with zero attached hydrogens (tertiary/aromatic N) is 4. The first-order valence-electron chi connectivity index (χ1n) is 4.73. The predicted molar refractivity (Wildman–Crippen MR) is 58.3 cm³/mol. The normalized spacial score (nSPS) is 9.44. The molecule has 0 spiro atoms. The summed E-state index contributed by atoms with van der Waals surface area (Å²) in [6.45, 7) is 0.585. The van der Waals surface area contributed by atoms with Crippen LogP contribution in [0.3, 0.4) is 0 Å². The molecule has 0 bridgehead atoms. The van der Waals surface area contributed by atoms with E-state index in [0.717, 1.165) is 11.5 Å². The van der Waals surface area contributed by atoms with Gasteiger partial charge in [0.2, 0.25) is 0 Å². The smallest absolute Gasteiger partial charge is 0.126 e. The molecule has 0 fully saturated rings. The van der Waals surface area contributed by atoms with E-state index in [9.17, 15) is 0 Å². The predicted octanol–water partition coefficient (Wildman–Crippen LogP) is 1.36. The fourth-order valence-electron chi connectivity index (χ4n) is 1.17. The number of rotatable bonds is 3. The molecule has 2 rings (SSSR count). The Kier molecular flexibility index (Phi) is 3.04. The first-order valence-corrected chi connectivity index (χ1v) is 4.73. The Hall–Kier alpha value is -2.48. The van der Waals surface area contributed by atoms with Crippen molar-refractivity contribution in [1.82, 2.24) is 15.0 Å². The lowest BCUT2D eigenvalue weighted by Gasteiger charge is -2.03. The maximum atomic E-state index is 8.61. The number of pyridine rings is 1. The maximum absolute atomic E-state index is 8.61. The molecule has 1 N–H and O–H groups in total. The molecule has 2 aromatic rings. The molecule has 0 saturated heterocycles. The van der Waals surface area contributed by atoms with E-state index in [1.165, 1.54) is 12.5 Å². The number of aromatic nitrogens is 3. The van der Waals surface area contributed by atoms with Crippen LogP contribution in [-0.4, -0.2) is 15.0 Å². The molecule has 0 aromatic carbocycles. The van der Waals surface area contributed by atoms with E-state index < -0.39 is 0 Å². The molecule has 78 valence electrons. The molecule has 2 heterocycles. The van der Waals surface area contributed by atoms with Crippen LogP contribution in [0.4, 0.5) is 5.82 Å². The van der Waals surface area contributed by atoms with Crippen LogP contribution < -0.4 is 5.32 Å². The van der Waals surface area contributed by atoms with E-state index in [2.05, 4.69) is 20.3 Å². The van der Waals surface area contributed by atoms with Crippen molar-refractivity contribution in [3.63, 3.8) is 0 Å². The van der Waals surface area contributed by atoms with Crippen LogP contribution in [0.2, 0.25) is 0 Å². The highest BCUT2D eigenvalue weighted by Crippen LogP contribution is 2.05. The summed E-state index contributed by atoms with van der Waals surface area (Å²) in [7, 11) is 0. The minimum atomic E-state index is 0.549. The first kappa shape index (κ1) is 10.1. The highest BCUT2D eigenvalue weighted by Gasteiger charge is 1.96. The van der Waals surface area contributed by atoms with E-state index in [1.54, 1.807) is 18.3 Å². The van der Waals surface area contributed by atoms with Gasteiger partial charge in [-0.25, -0.2) is 15.0 Å². The molecule has 0 amide bonds. The molecule has 2 aromatic heterocycles. The van der Waals surface area contributed by atoms with Crippen molar-refractivity contribution in [2.24, 2.45) is 0 Å². The van der Waals surface area contributed by atoms with Gasteiger partial charge in [0.15, 0.2) is 0 Å². The number of hydrogen-bond donors (Lipinski definition) is 1. The molecule has 0 saturated carbocycles. The SMILES string of the molecule is N#Cc1ccc(NCc2ccncn2)nc1. The van der Waals surface area contributed by atoms with Crippen LogP contribution in [0.1, 0.15) is 11.3 Å². The van der Waals surface area contributed by atoms with E-state index in [0.29, 0.717) is 12.1 Å². The van der Waals surface area contributed by atoms with E-state index in [4.69, 9.17) is 5.26 Å². The van der Waals surface area contributed by atoms with Gasteiger partial charge in [-0.05, 0) is 18.2 Å². The highest BCUT2D eigenvalue weighted by molar-refractivity contribution is 5.39. The van der Waals surface area contributed by atoms with Crippen molar-refractivity contribution in [2.75, 3.05) is 5.32 Å². The Morgan fingerprint density at radius 2 is 2.19 bits per heavy atom. The fraction of sp³-hybridized carbons (Fsp3) is 0.0909. The molecule has 0 radical (unpaired) electrons. The second-order valence-electron chi connectivity index (χ2n) is 3.10. The van der Waals surface area contributed by atoms with Crippen LogP contribution in [0.25, 0.3) is 0 Å². The average molecular weight is 211 g/mol. The molecule has 0 aliphatic rings. The Morgan fingerprint density at radius 3 is 2.81 bits per heavy atom. The highest BCUT2D eigenvalue weighted by atomic mass is 15.0. The van der Waals surface area contributed by atoms with Crippen molar-refractivity contribution >= 4 is 5.82 Å². The van der Waals surface area contributed by atoms with Crippen LogP contribution in [-0.2, 0) is 6.54 Å². The summed E-state index contributed by atoms with van der Waals surface area (Å²) < 4.78 is 0. The fourth-order valence-corrected chi connectivity index (χ4v) is 1.17. The number of hydrogen-bond acceptors (Lipinski definition) is 5. The number of nitriles is 1. The summed E-state index contributed by atoms with van der Waals surface area (Å²) in [4.78, 5) is 12.0. The summed E-state index contributed by atoms with van der Waals surface area (Å²) >= 11 is 0. The average Bonchev–Trinajstić information content (AvgIpc) is 2.38. The third-order valence-corrected chi connectivity index (χ3v) is 1.99. The molecular weight excluding hydrogens is 202 g/mol. The van der Waals surface area contributed by atoms with Gasteiger partial charge >= 0.3 is 0 Å². The summed E-state index contributed by atoms with van der Waals surface area (Å²) in [5.74, 6) is 0.720. The third-order valence-electron chi connectivity index (χ3n) is 1.99. The monoisotopic (exact) mass is 211 g/mol. The largest absolute Gasteiger partial charge is 0.364 e. The molecule has 0 aliphatic carbocycles. The van der Waals surface area contributed by atoms with Crippen LogP contribution >= 0.6 is 0 Å². The number of nitrogens with one attached hydrogen (secondary N) is 1. The lowest BCUT2D eigenvalue weighted by atomic mass is 10.3. The Morgan fingerprint density at radius 1 is 1.25 bits per heavy atom. The first-order chi connectivity index (χ1) is 7.88. The Labute approximate surface area is 92.8 Å². The Balaban J connectivity index is 1.98. The summed E-state index contributed by atoms with van der Waals surface area (Å²) in [5, 5.41) is 11.7. The van der Waals surface area contributed by atoms with Gasteiger partial charge in [0.1, 0.15) is 18.2 Å². The van der Waals surface area contributed by atoms with Gasteiger partial charge in [-0.15, -0.1) is 0 Å². The zero-order chi connectivity index (χ0) is 11.2. The quantitative estimate of drug-likeness (QED) is 0.829. The molecule has 16 heavy (non-hydrogen) atoms. The van der Waals surface area contributed by atoms with Crippen molar-refractivity contribution in [2.45, 2.75) is 6.54 Å². The lowest BCUT2D eigenvalue weighted by Crippen LogP contribution is -2.02. The molecule has 5 heteroatoms. The van der Waals surface area contributed by atoms with E-state index >= 15 is 0 Å². The van der Waals surface area contributed by atoms with Crippen molar-refractivity contribution in [3.8, 4) is 6.07 Å². The summed E-state index contributed by atoms with van der Waals surface area (Å²) in [5.41, 5.74) is 1.44. The zero-order valence-electron chi connectivity index (χ0n) is 8.46. The van der Waals surface area contributed by atoms with Gasteiger partial charge in [0.25, 0.3) is 0 Å². The molecule has 0 unspecified atom stereocenters. The van der Waals surface area contributed by atoms with Crippen molar-refractivity contribution in [1.29, 1.82) is 5.26 Å². The van der Waals surface area contributed by atoms with Gasteiger partial charge in [0.05, 0.1) is 17.8 Å². The standard InChI is InChI=1S/C11H9N5/c12-5-9-1-2-11(14-6-9)15-7-10-3-4-13-8-16-10/h1-4,6,8H,7H2,(H,14,15). The van der Waals surface area contributed by atoms with Gasteiger partial charge in [-0.2, -0.15) is 5.26 Å². The van der Waals surface area contributed by atoms with Gasteiger partial charge in [0, 0.05) is 12.4 Å². The molecule has 5 nitrogen and oxygen atoms in total. The van der Waals surface area contributed by atoms with Crippen LogP contribution in [0.15, 0.2) is 36.9 Å². The van der Waals surface area contributed by atoms with E-state index in [1.807, 2.05) is 12.1 Å². The third kappa shape index (κ3) is 2.51. The number of anilines is 1. The molecule has 0 aliphatic heterocycles. The van der Waals surface area contributed by atoms with Gasteiger partial charge in [-0.1, -0.05) is 0 Å². The Bertz CT molecular complexity index is 486. The van der Waals surface area contributed by atoms with E-state index in [-0.39, 0.29) is 0 Å². The van der Waals surface area contributed by atoms with Crippen molar-refractivity contribution < 1.29 is 0 Å². The van der Waals surface area contributed by atoms with Crippen molar-refractivity contribution in [3.05, 3.63) is 48.2 Å². The summed E-state index contributed by atoms with van der Waals surface area (Å²) in [6, 6.07) is 7.33. The lowest BCUT2D eigenvalue weighted by molar-refractivity contribution is 0.996. The second kappa shape index (κ2) is 4.84. The topological polar surface area (TPSA) is 74.5 Å². The summed E-state index contributed by atoms with van der Waals surface area (Å²) in [6.07, 6.45) is 4.72.